The molecule has 0 rings (SSSR count). The average molecular weight is 216 g/mol. The third-order valence-corrected chi connectivity index (χ3v) is 2.57. The van der Waals surface area contributed by atoms with Crippen LogP contribution in [0.25, 0.3) is 0 Å². The summed E-state index contributed by atoms with van der Waals surface area (Å²) in [6, 6.07) is 0. The summed E-state index contributed by atoms with van der Waals surface area (Å²) >= 11 is 0. The highest BCUT2D eigenvalue weighted by Crippen LogP contribution is 2.11. The van der Waals surface area contributed by atoms with E-state index in [9.17, 15) is 0 Å². The minimum atomic E-state index is 0.415. The lowest BCUT2D eigenvalue weighted by molar-refractivity contribution is 0.0237. The Morgan fingerprint density at radius 3 is 2.27 bits per heavy atom. The van der Waals surface area contributed by atoms with Gasteiger partial charge in [-0.05, 0) is 26.7 Å². The first-order valence-corrected chi connectivity index (χ1v) is 6.54. The Kier molecular flexibility index (Phi) is 11.9. The van der Waals surface area contributed by atoms with Crippen LogP contribution in [0.1, 0.15) is 59.3 Å². The van der Waals surface area contributed by atoms with Crippen LogP contribution < -0.4 is 0 Å². The van der Waals surface area contributed by atoms with Gasteiger partial charge in [-0.2, -0.15) is 0 Å². The molecule has 0 amide bonds. The zero-order valence-corrected chi connectivity index (χ0v) is 10.8. The molecule has 1 atom stereocenters. The molecule has 0 aliphatic heterocycles. The van der Waals surface area contributed by atoms with E-state index in [1.807, 2.05) is 6.92 Å². The van der Waals surface area contributed by atoms with Gasteiger partial charge >= 0.3 is 0 Å². The number of ether oxygens (including phenoxy) is 2. The van der Waals surface area contributed by atoms with E-state index < -0.39 is 0 Å². The zero-order valence-electron chi connectivity index (χ0n) is 10.8. The zero-order chi connectivity index (χ0) is 11.4. The lowest BCUT2D eigenvalue weighted by Crippen LogP contribution is -2.15. The highest BCUT2D eigenvalue weighted by molar-refractivity contribution is 4.58. The molecule has 0 radical (unpaired) electrons. The molecule has 1 unspecified atom stereocenters. The van der Waals surface area contributed by atoms with E-state index in [1.165, 1.54) is 32.1 Å². The van der Waals surface area contributed by atoms with Gasteiger partial charge in [0.05, 0.1) is 6.10 Å². The van der Waals surface area contributed by atoms with Crippen molar-refractivity contribution in [1.82, 2.24) is 0 Å². The quantitative estimate of drug-likeness (QED) is 0.489. The van der Waals surface area contributed by atoms with Crippen LogP contribution in [0.2, 0.25) is 0 Å². The SMILES string of the molecule is CCCCCCC(CCOCC)OCC. The van der Waals surface area contributed by atoms with Gasteiger partial charge < -0.3 is 9.47 Å². The molecule has 92 valence electrons. The smallest absolute Gasteiger partial charge is 0.0596 e. The van der Waals surface area contributed by atoms with Crippen molar-refractivity contribution < 1.29 is 9.47 Å². The predicted molar refractivity (Wildman–Crippen MR) is 65.3 cm³/mol. The van der Waals surface area contributed by atoms with Crippen molar-refractivity contribution in [2.24, 2.45) is 0 Å². The van der Waals surface area contributed by atoms with Crippen molar-refractivity contribution in [3.8, 4) is 0 Å². The van der Waals surface area contributed by atoms with Gasteiger partial charge in [0.1, 0.15) is 0 Å². The van der Waals surface area contributed by atoms with Crippen LogP contribution in [0.3, 0.4) is 0 Å². The molecule has 0 bridgehead atoms. The number of unbranched alkanes of at least 4 members (excludes halogenated alkanes) is 3. The third kappa shape index (κ3) is 10.2. The van der Waals surface area contributed by atoms with Gasteiger partial charge in [0.25, 0.3) is 0 Å². The molecule has 0 saturated heterocycles. The van der Waals surface area contributed by atoms with Crippen LogP contribution in [0, 0.1) is 0 Å². The summed E-state index contributed by atoms with van der Waals surface area (Å²) in [5.41, 5.74) is 0. The summed E-state index contributed by atoms with van der Waals surface area (Å²) in [5.74, 6) is 0. The van der Waals surface area contributed by atoms with Crippen molar-refractivity contribution in [3.63, 3.8) is 0 Å². The molecule has 0 aliphatic carbocycles. The molecule has 0 spiro atoms. The number of rotatable bonds is 11. The Morgan fingerprint density at radius 1 is 0.867 bits per heavy atom. The summed E-state index contributed by atoms with van der Waals surface area (Å²) in [4.78, 5) is 0. The first kappa shape index (κ1) is 14.9. The number of hydrogen-bond acceptors (Lipinski definition) is 2. The van der Waals surface area contributed by atoms with E-state index >= 15 is 0 Å². The highest BCUT2D eigenvalue weighted by atomic mass is 16.5. The summed E-state index contributed by atoms with van der Waals surface area (Å²) < 4.78 is 11.0. The first-order valence-electron chi connectivity index (χ1n) is 6.54. The van der Waals surface area contributed by atoms with E-state index in [4.69, 9.17) is 9.47 Å². The Bertz CT molecular complexity index is 115. The lowest BCUT2D eigenvalue weighted by Gasteiger charge is -2.16. The van der Waals surface area contributed by atoms with E-state index in [1.54, 1.807) is 0 Å². The largest absolute Gasteiger partial charge is 0.382 e. The molecule has 0 saturated carbocycles. The molecule has 2 nitrogen and oxygen atoms in total. The molecule has 0 aromatic rings. The predicted octanol–water partition coefficient (Wildman–Crippen LogP) is 3.79. The van der Waals surface area contributed by atoms with Gasteiger partial charge in [0.15, 0.2) is 0 Å². The van der Waals surface area contributed by atoms with Gasteiger partial charge in [-0.15, -0.1) is 0 Å². The Morgan fingerprint density at radius 2 is 1.67 bits per heavy atom. The van der Waals surface area contributed by atoms with Crippen molar-refractivity contribution in [1.29, 1.82) is 0 Å². The molecule has 0 N–H and O–H groups in total. The van der Waals surface area contributed by atoms with Crippen molar-refractivity contribution >= 4 is 0 Å². The standard InChI is InChI=1S/C13H28O2/c1-4-7-8-9-10-13(15-6-3)11-12-14-5-2/h13H,4-12H2,1-3H3. The molecule has 0 heterocycles. The normalized spacial score (nSPS) is 13.0. The fraction of sp³-hybridized carbons (Fsp3) is 1.00. The summed E-state index contributed by atoms with van der Waals surface area (Å²) in [5, 5.41) is 0. The third-order valence-electron chi connectivity index (χ3n) is 2.57. The molecule has 15 heavy (non-hydrogen) atoms. The molecular weight excluding hydrogens is 188 g/mol. The van der Waals surface area contributed by atoms with Crippen LogP contribution in [0.4, 0.5) is 0 Å². The van der Waals surface area contributed by atoms with Crippen LogP contribution in [-0.2, 0) is 9.47 Å². The Labute approximate surface area is 95.3 Å². The van der Waals surface area contributed by atoms with Crippen molar-refractivity contribution in [2.45, 2.75) is 65.4 Å². The van der Waals surface area contributed by atoms with E-state index in [0.717, 1.165) is 26.2 Å². The topological polar surface area (TPSA) is 18.5 Å². The van der Waals surface area contributed by atoms with E-state index in [2.05, 4.69) is 13.8 Å². The minimum absolute atomic E-state index is 0.415. The van der Waals surface area contributed by atoms with E-state index in [-0.39, 0.29) is 0 Å². The van der Waals surface area contributed by atoms with Crippen LogP contribution >= 0.6 is 0 Å². The molecule has 0 aromatic heterocycles. The second-order valence-electron chi connectivity index (χ2n) is 3.91. The summed E-state index contributed by atoms with van der Waals surface area (Å²) in [6.45, 7) is 8.83. The van der Waals surface area contributed by atoms with Gasteiger partial charge in [-0.1, -0.05) is 32.6 Å². The van der Waals surface area contributed by atoms with Crippen molar-refractivity contribution in [2.75, 3.05) is 19.8 Å². The van der Waals surface area contributed by atoms with Crippen molar-refractivity contribution in [3.05, 3.63) is 0 Å². The van der Waals surface area contributed by atoms with Gasteiger partial charge in [-0.25, -0.2) is 0 Å². The molecular formula is C13H28O2. The average Bonchev–Trinajstić information content (AvgIpc) is 2.24. The highest BCUT2D eigenvalue weighted by Gasteiger charge is 2.07. The lowest BCUT2D eigenvalue weighted by atomic mass is 10.1. The molecule has 0 aromatic carbocycles. The number of hydrogen-bond donors (Lipinski definition) is 0. The molecule has 0 fully saturated rings. The fourth-order valence-corrected chi connectivity index (χ4v) is 1.70. The minimum Gasteiger partial charge on any atom is -0.382 e. The fourth-order valence-electron chi connectivity index (χ4n) is 1.70. The second-order valence-corrected chi connectivity index (χ2v) is 3.91. The van der Waals surface area contributed by atoms with E-state index in [0.29, 0.717) is 6.10 Å². The molecule has 0 aliphatic rings. The Balaban J connectivity index is 3.44. The maximum atomic E-state index is 5.69. The monoisotopic (exact) mass is 216 g/mol. The summed E-state index contributed by atoms with van der Waals surface area (Å²) in [7, 11) is 0. The van der Waals surface area contributed by atoms with Crippen LogP contribution in [0.5, 0.6) is 0 Å². The summed E-state index contributed by atoms with van der Waals surface area (Å²) in [6.07, 6.45) is 7.95. The van der Waals surface area contributed by atoms with Crippen LogP contribution in [-0.4, -0.2) is 25.9 Å². The Hall–Kier alpha value is -0.0800. The van der Waals surface area contributed by atoms with Gasteiger partial charge in [0.2, 0.25) is 0 Å². The van der Waals surface area contributed by atoms with Crippen LogP contribution in [0.15, 0.2) is 0 Å². The maximum absolute atomic E-state index is 5.69. The second kappa shape index (κ2) is 12.0. The first-order chi connectivity index (χ1) is 7.35. The molecule has 2 heteroatoms. The van der Waals surface area contributed by atoms with Gasteiger partial charge in [0, 0.05) is 19.8 Å². The van der Waals surface area contributed by atoms with Gasteiger partial charge in [-0.3, -0.25) is 0 Å². The maximum Gasteiger partial charge on any atom is 0.0596 e.